The Hall–Kier alpha value is -2.25. The summed E-state index contributed by atoms with van der Waals surface area (Å²) in [6.45, 7) is 5.00. The summed E-state index contributed by atoms with van der Waals surface area (Å²) < 4.78 is 4.96. The molecule has 0 aliphatic carbocycles. The number of carbonyl (C=O) groups is 2. The number of hydrogen-bond acceptors (Lipinski definition) is 4. The number of ether oxygens (including phenoxy) is 1. The topological polar surface area (TPSA) is 124 Å². The molecule has 8 heteroatoms. The highest BCUT2D eigenvalue weighted by Crippen LogP contribution is 2.07. The average molecular weight is 271 g/mol. The number of rotatable bonds is 4. The monoisotopic (exact) mass is 271 g/mol. The molecule has 19 heavy (non-hydrogen) atoms. The maximum Gasteiger partial charge on any atom is 0.408 e. The van der Waals surface area contributed by atoms with Crippen LogP contribution >= 0.6 is 0 Å². The summed E-state index contributed by atoms with van der Waals surface area (Å²) in [6.07, 6.45) is 0.384. The number of carbonyl (C=O) groups excluding carboxylic acids is 1. The minimum absolute atomic E-state index is 0.132. The van der Waals surface area contributed by atoms with Crippen molar-refractivity contribution in [3.63, 3.8) is 0 Å². The Balaban J connectivity index is 2.69. The Labute approximate surface area is 109 Å². The second-order valence-electron chi connectivity index (χ2n) is 5.01. The molecule has 0 aliphatic rings. The molecule has 0 aliphatic heterocycles. The smallest absolute Gasteiger partial charge is 0.408 e. The summed E-state index contributed by atoms with van der Waals surface area (Å²) in [5.74, 6) is -1.24. The van der Waals surface area contributed by atoms with Gasteiger partial charge in [0.1, 0.15) is 11.6 Å². The number of carboxylic acids is 1. The first-order valence-electron chi connectivity index (χ1n) is 5.66. The fraction of sp³-hybridized carbons (Fsp3) is 0.545. The summed E-state index contributed by atoms with van der Waals surface area (Å²) in [4.78, 5) is 33.8. The first-order valence-corrected chi connectivity index (χ1v) is 5.66. The van der Waals surface area contributed by atoms with Gasteiger partial charge in [0.05, 0.1) is 0 Å². The van der Waals surface area contributed by atoms with E-state index in [2.05, 4.69) is 15.5 Å². The summed E-state index contributed by atoms with van der Waals surface area (Å²) in [7, 11) is 0. The first-order chi connectivity index (χ1) is 8.69. The first kappa shape index (κ1) is 14.8. The Bertz CT molecular complexity index is 511. The molecule has 0 spiro atoms. The Morgan fingerprint density at radius 2 is 2.11 bits per heavy atom. The molecule has 0 aromatic carbocycles. The minimum Gasteiger partial charge on any atom is -0.480 e. The van der Waals surface area contributed by atoms with E-state index in [-0.39, 0.29) is 12.0 Å². The van der Waals surface area contributed by atoms with E-state index in [0.29, 0.717) is 0 Å². The molecule has 1 aromatic heterocycles. The van der Waals surface area contributed by atoms with Crippen LogP contribution in [0.1, 0.15) is 26.3 Å². The Kier molecular flexibility index (Phi) is 4.36. The predicted octanol–water partition coefficient (Wildman–Crippen LogP) is 0.223. The maximum atomic E-state index is 11.5. The molecule has 1 amide bonds. The van der Waals surface area contributed by atoms with E-state index >= 15 is 0 Å². The molecule has 1 aromatic rings. The number of aromatic nitrogens is 2. The van der Waals surface area contributed by atoms with Gasteiger partial charge in [-0.1, -0.05) is 0 Å². The van der Waals surface area contributed by atoms with Crippen molar-refractivity contribution >= 4 is 12.1 Å². The highest BCUT2D eigenvalue weighted by atomic mass is 16.6. The number of carboxylic acid groups (broad SMARTS) is 1. The summed E-state index contributed by atoms with van der Waals surface area (Å²) >= 11 is 0. The van der Waals surface area contributed by atoms with Gasteiger partial charge >= 0.3 is 12.1 Å². The molecule has 0 unspecified atom stereocenters. The summed E-state index contributed by atoms with van der Waals surface area (Å²) in [5.41, 5.74) is -0.903. The van der Waals surface area contributed by atoms with Crippen LogP contribution in [0.25, 0.3) is 0 Å². The number of amides is 1. The van der Waals surface area contributed by atoms with Crippen LogP contribution in [-0.2, 0) is 16.0 Å². The molecule has 106 valence electrons. The van der Waals surface area contributed by atoms with Gasteiger partial charge < -0.3 is 20.3 Å². The molecule has 0 bridgehead atoms. The van der Waals surface area contributed by atoms with Gasteiger partial charge in [0, 0.05) is 18.2 Å². The quantitative estimate of drug-likeness (QED) is 0.623. The van der Waals surface area contributed by atoms with Crippen molar-refractivity contribution in [1.29, 1.82) is 0 Å². The summed E-state index contributed by atoms with van der Waals surface area (Å²) in [6, 6.07) is -1.23. The SMILES string of the molecule is CC(C)(C)OC(=O)N[C@@H](Cc1c[nH][nH]c1=O)C(=O)O. The van der Waals surface area contributed by atoms with Crippen molar-refractivity contribution in [2.75, 3.05) is 0 Å². The maximum absolute atomic E-state index is 11.5. The molecule has 1 atom stereocenters. The second kappa shape index (κ2) is 5.59. The minimum atomic E-state index is -1.24. The van der Waals surface area contributed by atoms with E-state index in [1.807, 2.05) is 0 Å². The Morgan fingerprint density at radius 1 is 1.47 bits per heavy atom. The van der Waals surface area contributed by atoms with E-state index in [1.54, 1.807) is 20.8 Å². The van der Waals surface area contributed by atoms with Crippen LogP contribution in [0.15, 0.2) is 11.0 Å². The highest BCUT2D eigenvalue weighted by molar-refractivity contribution is 5.80. The van der Waals surface area contributed by atoms with Crippen molar-refractivity contribution in [3.8, 4) is 0 Å². The van der Waals surface area contributed by atoms with Crippen molar-refractivity contribution in [2.24, 2.45) is 0 Å². The predicted molar refractivity (Wildman–Crippen MR) is 65.9 cm³/mol. The number of nitrogens with one attached hydrogen (secondary N) is 3. The van der Waals surface area contributed by atoms with Gasteiger partial charge in [0.2, 0.25) is 0 Å². The van der Waals surface area contributed by atoms with Gasteiger partial charge in [-0.3, -0.25) is 9.89 Å². The van der Waals surface area contributed by atoms with Crippen molar-refractivity contribution in [2.45, 2.75) is 38.8 Å². The van der Waals surface area contributed by atoms with Gasteiger partial charge in [-0.05, 0) is 20.8 Å². The fourth-order valence-corrected chi connectivity index (χ4v) is 1.36. The normalized spacial score (nSPS) is 12.8. The highest BCUT2D eigenvalue weighted by Gasteiger charge is 2.25. The van der Waals surface area contributed by atoms with Crippen LogP contribution < -0.4 is 10.9 Å². The zero-order chi connectivity index (χ0) is 14.6. The standard InChI is InChI=1S/C11H17N3O5/c1-11(2,3)19-10(18)13-7(9(16)17)4-6-5-12-14-8(6)15/h5,7H,4H2,1-3H3,(H,13,18)(H,16,17)(H2,12,14,15)/t7-/m0/s1. The molecule has 0 saturated heterocycles. The van der Waals surface area contributed by atoms with E-state index in [0.717, 1.165) is 0 Å². The van der Waals surface area contributed by atoms with Crippen LogP contribution in [-0.4, -0.2) is 39.0 Å². The van der Waals surface area contributed by atoms with Gasteiger partial charge in [0.25, 0.3) is 5.56 Å². The lowest BCUT2D eigenvalue weighted by molar-refractivity contribution is -0.139. The molecule has 1 rings (SSSR count). The van der Waals surface area contributed by atoms with Gasteiger partial charge in [-0.25, -0.2) is 9.59 Å². The zero-order valence-corrected chi connectivity index (χ0v) is 10.9. The number of alkyl carbamates (subject to hydrolysis) is 1. The van der Waals surface area contributed by atoms with E-state index in [9.17, 15) is 14.4 Å². The van der Waals surface area contributed by atoms with Crippen LogP contribution in [0.2, 0.25) is 0 Å². The fourth-order valence-electron chi connectivity index (χ4n) is 1.36. The number of aliphatic carboxylic acids is 1. The van der Waals surface area contributed by atoms with Gasteiger partial charge in [0.15, 0.2) is 0 Å². The molecule has 0 fully saturated rings. The number of H-pyrrole nitrogens is 2. The van der Waals surface area contributed by atoms with Crippen molar-refractivity contribution in [3.05, 3.63) is 22.1 Å². The van der Waals surface area contributed by atoms with E-state index in [1.165, 1.54) is 6.20 Å². The molecular weight excluding hydrogens is 254 g/mol. The van der Waals surface area contributed by atoms with Gasteiger partial charge in [-0.15, -0.1) is 0 Å². The molecule has 0 saturated carbocycles. The summed E-state index contributed by atoms with van der Waals surface area (Å²) in [5, 5.41) is 16.0. The van der Waals surface area contributed by atoms with E-state index < -0.39 is 29.3 Å². The van der Waals surface area contributed by atoms with Gasteiger partial charge in [-0.2, -0.15) is 0 Å². The largest absolute Gasteiger partial charge is 0.480 e. The number of hydrogen-bond donors (Lipinski definition) is 4. The molecule has 8 nitrogen and oxygen atoms in total. The lowest BCUT2D eigenvalue weighted by atomic mass is 10.1. The average Bonchev–Trinajstić information content (AvgIpc) is 2.60. The van der Waals surface area contributed by atoms with Crippen LogP contribution in [0.3, 0.4) is 0 Å². The molecule has 0 radical (unpaired) electrons. The lowest BCUT2D eigenvalue weighted by Crippen LogP contribution is -2.45. The third-order valence-corrected chi connectivity index (χ3v) is 2.14. The van der Waals surface area contributed by atoms with E-state index in [4.69, 9.17) is 9.84 Å². The molecule has 4 N–H and O–H groups in total. The van der Waals surface area contributed by atoms with Crippen molar-refractivity contribution in [1.82, 2.24) is 15.5 Å². The third-order valence-electron chi connectivity index (χ3n) is 2.14. The molecular formula is C11H17N3O5. The zero-order valence-electron chi connectivity index (χ0n) is 10.9. The lowest BCUT2D eigenvalue weighted by Gasteiger charge is -2.21. The van der Waals surface area contributed by atoms with Crippen LogP contribution in [0.4, 0.5) is 4.79 Å². The third kappa shape index (κ3) is 4.86. The second-order valence-corrected chi connectivity index (χ2v) is 5.01. The van der Waals surface area contributed by atoms with Crippen LogP contribution in [0.5, 0.6) is 0 Å². The van der Waals surface area contributed by atoms with Crippen molar-refractivity contribution < 1.29 is 19.4 Å². The molecule has 1 heterocycles. The Morgan fingerprint density at radius 3 is 2.53 bits per heavy atom. The number of aromatic amines is 2. The van der Waals surface area contributed by atoms with Crippen LogP contribution in [0, 0.1) is 0 Å².